The zero-order valence-electron chi connectivity index (χ0n) is 14.9. The van der Waals surface area contributed by atoms with E-state index in [4.69, 9.17) is 4.74 Å². The van der Waals surface area contributed by atoms with Crippen molar-refractivity contribution < 1.29 is 9.53 Å². The number of Topliss-reactive ketones (excluding diaryl/α,β-unsaturated/α-hetero) is 1. The molecule has 0 bridgehead atoms. The van der Waals surface area contributed by atoms with Gasteiger partial charge in [0, 0.05) is 18.9 Å². The normalized spacial score (nSPS) is 19.5. The van der Waals surface area contributed by atoms with Crippen molar-refractivity contribution in [1.29, 1.82) is 0 Å². The molecule has 1 saturated heterocycles. The minimum atomic E-state index is 0.0326. The minimum Gasteiger partial charge on any atom is -0.378 e. The van der Waals surface area contributed by atoms with Gasteiger partial charge in [0.05, 0.1) is 6.10 Å². The third-order valence-electron chi connectivity index (χ3n) is 4.95. The highest BCUT2D eigenvalue weighted by molar-refractivity contribution is 5.86. The van der Waals surface area contributed by atoms with Crippen molar-refractivity contribution in [3.8, 4) is 0 Å². The second kappa shape index (κ2) is 9.87. The van der Waals surface area contributed by atoms with Gasteiger partial charge in [0.15, 0.2) is 0 Å². The summed E-state index contributed by atoms with van der Waals surface area (Å²) >= 11 is 0. The van der Waals surface area contributed by atoms with Crippen LogP contribution in [0.25, 0.3) is 0 Å². The number of carbonyl (C=O) groups excluding carboxylic acids is 1. The maximum atomic E-state index is 12.7. The van der Waals surface area contributed by atoms with Crippen LogP contribution in [0.4, 0.5) is 0 Å². The Bertz CT molecular complexity index is 457. The number of carbonyl (C=O) groups is 1. The third-order valence-corrected chi connectivity index (χ3v) is 4.95. The Labute approximate surface area is 141 Å². The Balaban J connectivity index is 1.92. The van der Waals surface area contributed by atoms with Crippen molar-refractivity contribution in [2.75, 3.05) is 6.61 Å². The van der Waals surface area contributed by atoms with Gasteiger partial charge in [-0.15, -0.1) is 0 Å². The summed E-state index contributed by atoms with van der Waals surface area (Å²) in [6.45, 7) is 5.16. The van der Waals surface area contributed by atoms with Crippen molar-refractivity contribution in [2.45, 2.75) is 83.7 Å². The van der Waals surface area contributed by atoms with E-state index >= 15 is 0 Å². The fourth-order valence-corrected chi connectivity index (χ4v) is 3.48. The molecule has 0 spiro atoms. The summed E-state index contributed by atoms with van der Waals surface area (Å²) in [4.78, 5) is 12.7. The molecule has 2 nitrogen and oxygen atoms in total. The van der Waals surface area contributed by atoms with E-state index in [1.54, 1.807) is 0 Å². The lowest BCUT2D eigenvalue weighted by molar-refractivity contribution is -0.124. The standard InChI is InChI=1S/C21H32O2/c1-3-5-6-9-17-11-13-18(14-12-17)20(4-2)21(22)16-19-10-7-8-15-23-19/h11-14,19-20H,3-10,15-16H2,1-2H3. The summed E-state index contributed by atoms with van der Waals surface area (Å²) in [5.41, 5.74) is 2.56. The van der Waals surface area contributed by atoms with Crippen LogP contribution in [0.2, 0.25) is 0 Å². The molecule has 0 radical (unpaired) electrons. The summed E-state index contributed by atoms with van der Waals surface area (Å²) in [5.74, 6) is 0.378. The van der Waals surface area contributed by atoms with Gasteiger partial charge in [-0.1, -0.05) is 51.0 Å². The highest BCUT2D eigenvalue weighted by atomic mass is 16.5. The van der Waals surface area contributed by atoms with Crippen LogP contribution in [-0.4, -0.2) is 18.5 Å². The molecular formula is C21H32O2. The Morgan fingerprint density at radius 3 is 2.57 bits per heavy atom. The third kappa shape index (κ3) is 5.76. The van der Waals surface area contributed by atoms with E-state index in [1.807, 2.05) is 0 Å². The number of benzene rings is 1. The van der Waals surface area contributed by atoms with Gasteiger partial charge in [-0.25, -0.2) is 0 Å². The van der Waals surface area contributed by atoms with Gasteiger partial charge in [-0.2, -0.15) is 0 Å². The number of aryl methyl sites for hydroxylation is 1. The second-order valence-corrected chi connectivity index (χ2v) is 6.82. The average Bonchev–Trinajstić information content (AvgIpc) is 2.58. The van der Waals surface area contributed by atoms with E-state index < -0.39 is 0 Å². The average molecular weight is 316 g/mol. The lowest BCUT2D eigenvalue weighted by Gasteiger charge is -2.24. The van der Waals surface area contributed by atoms with E-state index in [9.17, 15) is 4.79 Å². The molecule has 0 amide bonds. The zero-order valence-corrected chi connectivity index (χ0v) is 14.9. The monoisotopic (exact) mass is 316 g/mol. The first-order chi connectivity index (χ1) is 11.2. The van der Waals surface area contributed by atoms with Crippen LogP contribution >= 0.6 is 0 Å². The van der Waals surface area contributed by atoms with Crippen molar-refractivity contribution in [2.24, 2.45) is 0 Å². The summed E-state index contributed by atoms with van der Waals surface area (Å²) < 4.78 is 5.73. The summed E-state index contributed by atoms with van der Waals surface area (Å²) in [6, 6.07) is 8.74. The molecule has 2 atom stereocenters. The minimum absolute atomic E-state index is 0.0326. The van der Waals surface area contributed by atoms with Gasteiger partial charge in [0.2, 0.25) is 0 Å². The molecule has 0 aliphatic carbocycles. The van der Waals surface area contributed by atoms with Crippen LogP contribution in [-0.2, 0) is 16.0 Å². The molecule has 1 aliphatic rings. The molecule has 1 aromatic rings. The van der Waals surface area contributed by atoms with E-state index in [1.165, 1.54) is 36.8 Å². The number of ketones is 1. The molecule has 1 heterocycles. The number of ether oxygens (including phenoxy) is 1. The molecule has 0 aromatic heterocycles. The maximum Gasteiger partial charge on any atom is 0.142 e. The van der Waals surface area contributed by atoms with Crippen LogP contribution in [0, 0.1) is 0 Å². The highest BCUT2D eigenvalue weighted by Crippen LogP contribution is 2.26. The van der Waals surface area contributed by atoms with Crippen LogP contribution < -0.4 is 0 Å². The molecular weight excluding hydrogens is 284 g/mol. The van der Waals surface area contributed by atoms with Crippen LogP contribution in [0.3, 0.4) is 0 Å². The largest absolute Gasteiger partial charge is 0.378 e. The summed E-state index contributed by atoms with van der Waals surface area (Å²) in [5, 5.41) is 0. The first-order valence-corrected chi connectivity index (χ1v) is 9.47. The summed E-state index contributed by atoms with van der Waals surface area (Å²) in [7, 11) is 0. The van der Waals surface area contributed by atoms with E-state index in [0.29, 0.717) is 12.2 Å². The van der Waals surface area contributed by atoms with E-state index in [0.717, 1.165) is 32.3 Å². The predicted molar refractivity (Wildman–Crippen MR) is 95.9 cm³/mol. The molecule has 23 heavy (non-hydrogen) atoms. The summed E-state index contributed by atoms with van der Waals surface area (Å²) in [6.07, 6.45) is 9.93. The first kappa shape index (κ1) is 18.2. The van der Waals surface area contributed by atoms with Gasteiger partial charge < -0.3 is 4.74 Å². The highest BCUT2D eigenvalue weighted by Gasteiger charge is 2.24. The number of hydrogen-bond donors (Lipinski definition) is 0. The molecule has 2 unspecified atom stereocenters. The molecule has 1 aliphatic heterocycles. The van der Waals surface area contributed by atoms with Crippen LogP contribution in [0.5, 0.6) is 0 Å². The lowest BCUT2D eigenvalue weighted by atomic mass is 9.88. The fraction of sp³-hybridized carbons (Fsp3) is 0.667. The van der Waals surface area contributed by atoms with Crippen molar-refractivity contribution in [1.82, 2.24) is 0 Å². The molecule has 1 fully saturated rings. The van der Waals surface area contributed by atoms with E-state index in [-0.39, 0.29) is 12.0 Å². The SMILES string of the molecule is CCCCCc1ccc(C(CC)C(=O)CC2CCCCO2)cc1. The van der Waals surface area contributed by atoms with Crippen LogP contribution in [0.15, 0.2) is 24.3 Å². The van der Waals surface area contributed by atoms with Gasteiger partial charge in [-0.3, -0.25) is 4.79 Å². The number of unbranched alkanes of at least 4 members (excludes halogenated alkanes) is 2. The number of hydrogen-bond acceptors (Lipinski definition) is 2. The second-order valence-electron chi connectivity index (χ2n) is 6.82. The Hall–Kier alpha value is -1.15. The predicted octanol–water partition coefficient (Wildman–Crippen LogP) is 5.44. The van der Waals surface area contributed by atoms with Gasteiger partial charge in [0.25, 0.3) is 0 Å². The Morgan fingerprint density at radius 2 is 1.96 bits per heavy atom. The zero-order chi connectivity index (χ0) is 16.5. The smallest absolute Gasteiger partial charge is 0.142 e. The van der Waals surface area contributed by atoms with Crippen molar-refractivity contribution in [3.63, 3.8) is 0 Å². The molecule has 2 rings (SSSR count). The Kier molecular flexibility index (Phi) is 7.81. The van der Waals surface area contributed by atoms with Crippen LogP contribution in [0.1, 0.15) is 82.3 Å². The quantitative estimate of drug-likeness (QED) is 0.567. The molecule has 128 valence electrons. The lowest BCUT2D eigenvalue weighted by Crippen LogP contribution is -2.25. The van der Waals surface area contributed by atoms with Gasteiger partial charge in [0.1, 0.15) is 5.78 Å². The van der Waals surface area contributed by atoms with E-state index in [2.05, 4.69) is 38.1 Å². The van der Waals surface area contributed by atoms with Crippen molar-refractivity contribution in [3.05, 3.63) is 35.4 Å². The molecule has 0 N–H and O–H groups in total. The first-order valence-electron chi connectivity index (χ1n) is 9.47. The molecule has 0 saturated carbocycles. The maximum absolute atomic E-state index is 12.7. The van der Waals surface area contributed by atoms with Gasteiger partial charge in [-0.05, 0) is 49.7 Å². The fourth-order valence-electron chi connectivity index (χ4n) is 3.48. The molecule has 2 heteroatoms. The number of rotatable bonds is 9. The van der Waals surface area contributed by atoms with Crippen molar-refractivity contribution >= 4 is 5.78 Å². The Morgan fingerprint density at radius 1 is 1.17 bits per heavy atom. The van der Waals surface area contributed by atoms with Gasteiger partial charge >= 0.3 is 0 Å². The topological polar surface area (TPSA) is 26.3 Å². The molecule has 1 aromatic carbocycles.